The molecule has 0 aromatic heterocycles. The Hall–Kier alpha value is -3.17. The molecule has 5 rings (SSSR count). The highest BCUT2D eigenvalue weighted by atomic mass is 32.2. The third-order valence-corrected chi connectivity index (χ3v) is 7.72. The number of hydrogen-bond acceptors (Lipinski definition) is 6. The largest absolute Gasteiger partial charge is 0.497 e. The van der Waals surface area contributed by atoms with Gasteiger partial charge in [-0.3, -0.25) is 24.2 Å². The van der Waals surface area contributed by atoms with Gasteiger partial charge in [-0.1, -0.05) is 55.0 Å². The van der Waals surface area contributed by atoms with Gasteiger partial charge in [-0.25, -0.2) is 0 Å². The molecular formula is C25H23N3O4S2. The Balaban J connectivity index is 1.42. The third-order valence-electron chi connectivity index (χ3n) is 6.31. The molecule has 1 saturated carbocycles. The monoisotopic (exact) mass is 493 g/mol. The van der Waals surface area contributed by atoms with Crippen molar-refractivity contribution in [2.75, 3.05) is 23.9 Å². The van der Waals surface area contributed by atoms with E-state index in [2.05, 4.69) is 5.32 Å². The number of rotatable bonds is 5. The van der Waals surface area contributed by atoms with Gasteiger partial charge in [0.1, 0.15) is 16.6 Å². The first-order chi connectivity index (χ1) is 16.5. The molecule has 0 unspecified atom stereocenters. The summed E-state index contributed by atoms with van der Waals surface area (Å²) in [5.74, 6) is -0.225. The summed E-state index contributed by atoms with van der Waals surface area (Å²) in [6.45, 7) is -0.172. The molecule has 0 bridgehead atoms. The van der Waals surface area contributed by atoms with Crippen molar-refractivity contribution >= 4 is 63.0 Å². The molecule has 9 heteroatoms. The molecule has 3 aliphatic rings. The SMILES string of the molecule is COc1ccc(NC(=O)CN2C(=O)C(=C3SC(=S)N(C4CCCC4)C3=O)c3ccccc32)cc1. The maximum atomic E-state index is 13.5. The average Bonchev–Trinajstić information content (AvgIpc) is 3.52. The molecule has 174 valence electrons. The highest BCUT2D eigenvalue weighted by Crippen LogP contribution is 2.46. The van der Waals surface area contributed by atoms with Gasteiger partial charge in [-0.05, 0) is 43.2 Å². The van der Waals surface area contributed by atoms with E-state index in [1.54, 1.807) is 42.3 Å². The van der Waals surface area contributed by atoms with Crippen LogP contribution in [0.3, 0.4) is 0 Å². The van der Waals surface area contributed by atoms with Crippen LogP contribution in [-0.4, -0.2) is 46.6 Å². The van der Waals surface area contributed by atoms with E-state index in [0.29, 0.717) is 37.5 Å². The fraction of sp³-hybridized carbons (Fsp3) is 0.280. The zero-order valence-corrected chi connectivity index (χ0v) is 20.2. The van der Waals surface area contributed by atoms with Gasteiger partial charge in [-0.15, -0.1) is 0 Å². The minimum absolute atomic E-state index is 0.101. The van der Waals surface area contributed by atoms with Gasteiger partial charge >= 0.3 is 0 Å². The molecule has 2 fully saturated rings. The number of ether oxygens (including phenoxy) is 1. The summed E-state index contributed by atoms with van der Waals surface area (Å²) in [6, 6.07) is 14.3. The third kappa shape index (κ3) is 3.99. The fourth-order valence-electron chi connectivity index (χ4n) is 4.68. The van der Waals surface area contributed by atoms with E-state index < -0.39 is 0 Å². The second-order valence-corrected chi connectivity index (χ2v) is 10.0. The van der Waals surface area contributed by atoms with Crippen molar-refractivity contribution in [2.24, 2.45) is 0 Å². The molecule has 0 radical (unpaired) electrons. The Morgan fingerprint density at radius 2 is 1.79 bits per heavy atom. The number of carbonyl (C=O) groups is 3. The predicted octanol–water partition coefficient (Wildman–Crippen LogP) is 4.19. The van der Waals surface area contributed by atoms with Crippen LogP contribution >= 0.6 is 24.0 Å². The van der Waals surface area contributed by atoms with Gasteiger partial charge in [0.15, 0.2) is 0 Å². The van der Waals surface area contributed by atoms with Gasteiger partial charge in [0.2, 0.25) is 5.91 Å². The summed E-state index contributed by atoms with van der Waals surface area (Å²) in [5, 5.41) is 2.81. The maximum absolute atomic E-state index is 13.5. The maximum Gasteiger partial charge on any atom is 0.267 e. The van der Waals surface area contributed by atoms with Crippen molar-refractivity contribution < 1.29 is 19.1 Å². The van der Waals surface area contributed by atoms with Gasteiger partial charge in [0, 0.05) is 17.3 Å². The van der Waals surface area contributed by atoms with Crippen molar-refractivity contribution in [1.29, 1.82) is 0 Å². The van der Waals surface area contributed by atoms with Crippen molar-refractivity contribution in [3.63, 3.8) is 0 Å². The molecule has 2 aromatic carbocycles. The highest BCUT2D eigenvalue weighted by molar-refractivity contribution is 8.26. The Morgan fingerprint density at radius 3 is 2.50 bits per heavy atom. The first-order valence-electron chi connectivity index (χ1n) is 11.1. The number of benzene rings is 2. The lowest BCUT2D eigenvalue weighted by molar-refractivity contribution is -0.123. The molecule has 0 atom stereocenters. The number of nitrogens with one attached hydrogen (secondary N) is 1. The van der Waals surface area contributed by atoms with E-state index in [0.717, 1.165) is 25.7 Å². The number of amides is 3. The number of carbonyl (C=O) groups excluding carboxylic acids is 3. The van der Waals surface area contributed by atoms with E-state index in [-0.39, 0.29) is 30.3 Å². The number of thiocarbonyl (C=S) groups is 1. The first kappa shape index (κ1) is 22.6. The highest BCUT2D eigenvalue weighted by Gasteiger charge is 2.44. The first-order valence-corrected chi connectivity index (χ1v) is 12.3. The lowest BCUT2D eigenvalue weighted by Gasteiger charge is -2.22. The van der Waals surface area contributed by atoms with Crippen molar-refractivity contribution in [3.05, 3.63) is 59.0 Å². The fourth-order valence-corrected chi connectivity index (χ4v) is 6.15. The van der Waals surface area contributed by atoms with E-state index in [9.17, 15) is 14.4 Å². The summed E-state index contributed by atoms with van der Waals surface area (Å²) in [4.78, 5) is 43.2. The quantitative estimate of drug-likeness (QED) is 0.497. The molecule has 2 aromatic rings. The van der Waals surface area contributed by atoms with Crippen LogP contribution in [0.1, 0.15) is 31.2 Å². The number of anilines is 2. The molecule has 34 heavy (non-hydrogen) atoms. The van der Waals surface area contributed by atoms with E-state index in [1.165, 1.54) is 16.7 Å². The van der Waals surface area contributed by atoms with Crippen molar-refractivity contribution in [3.8, 4) is 5.75 Å². The van der Waals surface area contributed by atoms with Crippen LogP contribution in [0.4, 0.5) is 11.4 Å². The van der Waals surface area contributed by atoms with E-state index >= 15 is 0 Å². The normalized spacial score (nSPS) is 20.3. The minimum atomic E-state index is -0.363. The van der Waals surface area contributed by atoms with Crippen LogP contribution < -0.4 is 15.0 Å². The van der Waals surface area contributed by atoms with Crippen LogP contribution in [0.5, 0.6) is 5.75 Å². The van der Waals surface area contributed by atoms with Crippen molar-refractivity contribution in [2.45, 2.75) is 31.7 Å². The van der Waals surface area contributed by atoms with Crippen LogP contribution in [0.25, 0.3) is 5.57 Å². The number of methoxy groups -OCH3 is 1. The number of nitrogens with zero attached hydrogens (tertiary/aromatic N) is 2. The number of para-hydroxylation sites is 1. The predicted molar refractivity (Wildman–Crippen MR) is 137 cm³/mol. The summed E-state index contributed by atoms with van der Waals surface area (Å²) in [6.07, 6.45) is 4.01. The van der Waals surface area contributed by atoms with Gasteiger partial charge in [-0.2, -0.15) is 0 Å². The summed E-state index contributed by atoms with van der Waals surface area (Å²) < 4.78 is 5.64. The van der Waals surface area contributed by atoms with Gasteiger partial charge in [0.05, 0.1) is 23.3 Å². The van der Waals surface area contributed by atoms with E-state index in [1.807, 2.05) is 18.2 Å². The lowest BCUT2D eigenvalue weighted by Crippen LogP contribution is -2.37. The van der Waals surface area contributed by atoms with Crippen LogP contribution in [0.2, 0.25) is 0 Å². The van der Waals surface area contributed by atoms with E-state index in [4.69, 9.17) is 17.0 Å². The van der Waals surface area contributed by atoms with Crippen molar-refractivity contribution in [1.82, 2.24) is 4.90 Å². The Kier molecular flexibility index (Phi) is 6.14. The molecular weight excluding hydrogens is 470 g/mol. The van der Waals surface area contributed by atoms with Crippen LogP contribution in [0.15, 0.2) is 53.4 Å². The Labute approximate surface area is 207 Å². The number of fused-ring (bicyclic) bond motifs is 1. The summed E-state index contributed by atoms with van der Waals surface area (Å²) in [7, 11) is 1.57. The topological polar surface area (TPSA) is 79.0 Å². The minimum Gasteiger partial charge on any atom is -0.497 e. The molecule has 2 aliphatic heterocycles. The smallest absolute Gasteiger partial charge is 0.267 e. The average molecular weight is 494 g/mol. The molecule has 2 heterocycles. The zero-order chi connectivity index (χ0) is 23.8. The molecule has 1 N–H and O–H groups in total. The molecule has 1 aliphatic carbocycles. The summed E-state index contributed by atoms with van der Waals surface area (Å²) in [5.41, 5.74) is 2.18. The lowest BCUT2D eigenvalue weighted by atomic mass is 10.1. The Bertz CT molecular complexity index is 1220. The van der Waals surface area contributed by atoms with Crippen LogP contribution in [-0.2, 0) is 14.4 Å². The molecule has 3 amide bonds. The number of hydrogen-bond donors (Lipinski definition) is 1. The Morgan fingerprint density at radius 1 is 1.09 bits per heavy atom. The van der Waals surface area contributed by atoms with Gasteiger partial charge in [0.25, 0.3) is 11.8 Å². The van der Waals surface area contributed by atoms with Crippen LogP contribution in [0, 0.1) is 0 Å². The molecule has 7 nitrogen and oxygen atoms in total. The summed E-state index contributed by atoms with van der Waals surface area (Å²) >= 11 is 6.72. The molecule has 0 spiro atoms. The standard InChI is InChI=1S/C25H23N3O4S2/c1-32-17-12-10-15(11-13-17)26-20(29)14-27-19-9-5-4-8-18(19)21(23(27)30)22-24(31)28(25(33)34-22)16-6-2-3-7-16/h4-5,8-13,16H,2-3,6-7,14H2,1H3,(H,26,29). The second-order valence-electron chi connectivity index (χ2n) is 8.37. The molecule has 1 saturated heterocycles. The zero-order valence-electron chi connectivity index (χ0n) is 18.6. The second kappa shape index (κ2) is 9.23. The van der Waals surface area contributed by atoms with Gasteiger partial charge < -0.3 is 10.1 Å². The number of thioether (sulfide) groups is 1.